The van der Waals surface area contributed by atoms with E-state index in [1.807, 2.05) is 36.4 Å². The van der Waals surface area contributed by atoms with E-state index in [0.717, 1.165) is 5.56 Å². The fourth-order valence-corrected chi connectivity index (χ4v) is 3.60. The third-order valence-corrected chi connectivity index (χ3v) is 5.77. The van der Waals surface area contributed by atoms with Crippen molar-refractivity contribution < 1.29 is 13.9 Å². The Kier molecular flexibility index (Phi) is 6.90. The first-order valence-corrected chi connectivity index (χ1v) is 10.9. The van der Waals surface area contributed by atoms with Gasteiger partial charge in [0.2, 0.25) is 17.5 Å². The van der Waals surface area contributed by atoms with Gasteiger partial charge in [-0.2, -0.15) is 0 Å². The molecule has 8 heteroatoms. The molecule has 4 aromatic rings. The molecular weight excluding hydrogens is 452 g/mol. The minimum Gasteiger partial charge on any atom is -0.456 e. The van der Waals surface area contributed by atoms with Crippen molar-refractivity contribution in [3.63, 3.8) is 0 Å². The largest absolute Gasteiger partial charge is 0.456 e. The van der Waals surface area contributed by atoms with Crippen molar-refractivity contribution in [3.05, 3.63) is 106 Å². The zero-order valence-electron chi connectivity index (χ0n) is 18.5. The van der Waals surface area contributed by atoms with Gasteiger partial charge < -0.3 is 14.5 Å². The highest BCUT2D eigenvalue weighted by Crippen LogP contribution is 2.36. The van der Waals surface area contributed by atoms with Crippen LogP contribution in [-0.4, -0.2) is 22.3 Å². The molecular formula is C26H21ClN4O3. The number of nitrogens with one attached hydrogen (secondary N) is 1. The smallest absolute Gasteiger partial charge is 0.338 e. The summed E-state index contributed by atoms with van der Waals surface area (Å²) in [6.07, 6.45) is -0.685. The topological polar surface area (TPSA) is 81.6 Å². The highest BCUT2D eigenvalue weighted by Gasteiger charge is 2.29. The van der Waals surface area contributed by atoms with Crippen LogP contribution in [0.5, 0.6) is 0 Å². The van der Waals surface area contributed by atoms with E-state index in [1.54, 1.807) is 50.2 Å². The number of benzene rings is 3. The lowest BCUT2D eigenvalue weighted by Crippen LogP contribution is -2.29. The molecule has 0 aliphatic heterocycles. The first-order chi connectivity index (χ1) is 16.5. The van der Waals surface area contributed by atoms with Crippen LogP contribution >= 0.6 is 11.6 Å². The summed E-state index contributed by atoms with van der Waals surface area (Å²) in [5, 5.41) is 12.1. The molecule has 0 aliphatic rings. The molecule has 0 fully saturated rings. The van der Waals surface area contributed by atoms with Gasteiger partial charge in [-0.3, -0.25) is 0 Å². The zero-order valence-corrected chi connectivity index (χ0v) is 19.3. The molecule has 2 atom stereocenters. The van der Waals surface area contributed by atoms with Crippen molar-refractivity contribution in [1.29, 1.82) is 0 Å². The van der Waals surface area contributed by atoms with E-state index in [2.05, 4.69) is 20.4 Å². The molecule has 1 N–H and O–H groups in total. The van der Waals surface area contributed by atoms with Crippen molar-refractivity contribution in [3.8, 4) is 11.5 Å². The number of anilines is 1. The van der Waals surface area contributed by atoms with Gasteiger partial charge in [0.25, 0.3) is 0 Å². The van der Waals surface area contributed by atoms with E-state index in [9.17, 15) is 4.79 Å². The Bertz CT molecular complexity index is 1330. The summed E-state index contributed by atoms with van der Waals surface area (Å²) in [6, 6.07) is 20.8. The van der Waals surface area contributed by atoms with Crippen molar-refractivity contribution in [1.82, 2.24) is 10.2 Å². The Morgan fingerprint density at radius 2 is 1.74 bits per heavy atom. The zero-order chi connectivity index (χ0) is 24.1. The van der Waals surface area contributed by atoms with Crippen LogP contribution in [0.25, 0.3) is 16.3 Å². The van der Waals surface area contributed by atoms with Crippen LogP contribution in [0, 0.1) is 13.5 Å². The van der Waals surface area contributed by atoms with E-state index in [0.29, 0.717) is 33.4 Å². The van der Waals surface area contributed by atoms with Crippen molar-refractivity contribution in [2.45, 2.75) is 26.0 Å². The number of carbonyl (C=O) groups excluding carboxylic acids is 1. The number of hydrogen-bond donors (Lipinski definition) is 1. The lowest BCUT2D eigenvalue weighted by Gasteiger charge is -2.24. The lowest BCUT2D eigenvalue weighted by atomic mass is 10.1. The molecule has 7 nitrogen and oxygen atoms in total. The quantitative estimate of drug-likeness (QED) is 0.239. The first kappa shape index (κ1) is 23.0. The van der Waals surface area contributed by atoms with E-state index < -0.39 is 18.1 Å². The third-order valence-electron chi connectivity index (χ3n) is 5.30. The predicted octanol–water partition coefficient (Wildman–Crippen LogP) is 6.65. The molecule has 4 rings (SSSR count). The summed E-state index contributed by atoms with van der Waals surface area (Å²) >= 11 is 6.37. The number of nitrogens with zero attached hydrogens (tertiary/aromatic N) is 3. The maximum Gasteiger partial charge on any atom is 0.338 e. The molecule has 170 valence electrons. The van der Waals surface area contributed by atoms with Gasteiger partial charge in [-0.25, -0.2) is 9.64 Å². The van der Waals surface area contributed by atoms with E-state index in [1.165, 1.54) is 0 Å². The monoisotopic (exact) mass is 472 g/mol. The van der Waals surface area contributed by atoms with Gasteiger partial charge in [0.15, 0.2) is 0 Å². The van der Waals surface area contributed by atoms with Gasteiger partial charge in [-0.15, -0.1) is 10.2 Å². The summed E-state index contributed by atoms with van der Waals surface area (Å²) in [5.41, 5.74) is 2.90. The Hall–Kier alpha value is -4.15. The number of halogens is 1. The van der Waals surface area contributed by atoms with Gasteiger partial charge in [0.1, 0.15) is 12.1 Å². The molecule has 0 saturated heterocycles. The minimum absolute atomic E-state index is 0.247. The molecule has 0 aliphatic carbocycles. The fourth-order valence-electron chi connectivity index (χ4n) is 3.40. The van der Waals surface area contributed by atoms with E-state index in [4.69, 9.17) is 27.3 Å². The van der Waals surface area contributed by atoms with Crippen LogP contribution < -0.4 is 5.32 Å². The van der Waals surface area contributed by atoms with Crippen molar-refractivity contribution in [2.24, 2.45) is 0 Å². The van der Waals surface area contributed by atoms with Crippen molar-refractivity contribution >= 4 is 28.9 Å². The Balaban J connectivity index is 1.67. The summed E-state index contributed by atoms with van der Waals surface area (Å²) in [6.45, 7) is 10.8. The molecule has 0 spiro atoms. The summed E-state index contributed by atoms with van der Waals surface area (Å²) < 4.78 is 11.7. The second kappa shape index (κ2) is 10.2. The predicted molar refractivity (Wildman–Crippen MR) is 130 cm³/mol. The highest BCUT2D eigenvalue weighted by molar-refractivity contribution is 6.34. The molecule has 1 heterocycles. The van der Waals surface area contributed by atoms with Crippen LogP contribution in [0.1, 0.15) is 34.8 Å². The number of rotatable bonds is 7. The van der Waals surface area contributed by atoms with Gasteiger partial charge in [0, 0.05) is 11.3 Å². The molecule has 0 bridgehead atoms. The van der Waals surface area contributed by atoms with Crippen LogP contribution in [0.3, 0.4) is 0 Å². The maximum atomic E-state index is 12.7. The summed E-state index contributed by atoms with van der Waals surface area (Å²) in [7, 11) is 0. The number of hydrogen-bond acceptors (Lipinski definition) is 6. The maximum absolute atomic E-state index is 12.7. The van der Waals surface area contributed by atoms with Crippen LogP contribution in [0.15, 0.2) is 77.2 Å². The first-order valence-electron chi connectivity index (χ1n) is 10.6. The standard InChI is InChI=1S/C26H21ClN4O3/c1-16-20(14-15-21(28-3)22(16)27)29-23(17(2)33-26(32)19-12-8-5-9-13-19)25-31-30-24(34-25)18-10-6-4-7-11-18/h4-15,17,23,29H,1-2H3/t17-,23+/m0/s1. The van der Waals surface area contributed by atoms with E-state index >= 15 is 0 Å². The Morgan fingerprint density at radius 1 is 1.06 bits per heavy atom. The Labute approximate surface area is 202 Å². The summed E-state index contributed by atoms with van der Waals surface area (Å²) in [4.78, 5) is 16.1. The molecule has 1 aromatic heterocycles. The summed E-state index contributed by atoms with van der Waals surface area (Å²) in [5.74, 6) is 0.125. The van der Waals surface area contributed by atoms with Gasteiger partial charge in [-0.1, -0.05) is 54.1 Å². The number of ether oxygens (including phenoxy) is 1. The van der Waals surface area contributed by atoms with Crippen LogP contribution in [0.4, 0.5) is 11.4 Å². The van der Waals surface area contributed by atoms with Gasteiger partial charge in [-0.05, 0) is 49.7 Å². The molecule has 0 radical (unpaired) electrons. The van der Waals surface area contributed by atoms with Gasteiger partial charge in [0.05, 0.1) is 17.2 Å². The number of esters is 1. The average Bonchev–Trinajstić information content (AvgIpc) is 3.36. The second-order valence-electron chi connectivity index (χ2n) is 7.59. The third kappa shape index (κ3) is 4.92. The molecule has 34 heavy (non-hydrogen) atoms. The highest BCUT2D eigenvalue weighted by atomic mass is 35.5. The minimum atomic E-state index is -0.685. The van der Waals surface area contributed by atoms with Gasteiger partial charge >= 0.3 is 5.97 Å². The molecule has 0 saturated carbocycles. The van der Waals surface area contributed by atoms with Crippen LogP contribution in [0.2, 0.25) is 5.02 Å². The Morgan fingerprint density at radius 3 is 2.41 bits per heavy atom. The lowest BCUT2D eigenvalue weighted by molar-refractivity contribution is 0.0282. The number of aromatic nitrogens is 2. The number of carbonyl (C=O) groups is 1. The molecule has 0 amide bonds. The normalized spacial score (nSPS) is 12.4. The van der Waals surface area contributed by atoms with Crippen LogP contribution in [-0.2, 0) is 4.74 Å². The van der Waals surface area contributed by atoms with Crippen molar-refractivity contribution in [2.75, 3.05) is 5.32 Å². The second-order valence-corrected chi connectivity index (χ2v) is 7.97. The average molecular weight is 473 g/mol. The SMILES string of the molecule is [C-]#[N+]c1ccc(N[C@@H](c2nnc(-c3ccccc3)o2)[C@H](C)OC(=O)c2ccccc2)c(C)c1Cl. The fraction of sp³-hybridized carbons (Fsp3) is 0.154. The molecule has 0 unspecified atom stereocenters. The molecule has 3 aromatic carbocycles. The van der Waals surface area contributed by atoms with E-state index in [-0.39, 0.29) is 5.89 Å².